The number of hydrogen-bond donors (Lipinski definition) is 1. The van der Waals surface area contributed by atoms with Gasteiger partial charge in [0.1, 0.15) is 0 Å². The van der Waals surface area contributed by atoms with E-state index in [0.29, 0.717) is 23.2 Å². The fraction of sp³-hybridized carbons (Fsp3) is 0.174. The minimum absolute atomic E-state index is 0.180. The Morgan fingerprint density at radius 3 is 2.42 bits per heavy atom. The lowest BCUT2D eigenvalue weighted by molar-refractivity contribution is -0.137. The number of carbonyl (C=O) groups excluding carboxylic acids is 1. The highest BCUT2D eigenvalue weighted by molar-refractivity contribution is 5.77. The molecule has 2 heterocycles. The van der Waals surface area contributed by atoms with Gasteiger partial charge >= 0.3 is 6.18 Å². The summed E-state index contributed by atoms with van der Waals surface area (Å²) in [5.41, 5.74) is 2.74. The van der Waals surface area contributed by atoms with Gasteiger partial charge in [0.25, 0.3) is 0 Å². The van der Waals surface area contributed by atoms with Crippen molar-refractivity contribution in [1.82, 2.24) is 19.9 Å². The average molecular weight is 424 g/mol. The number of fused-ring (bicyclic) bond motifs is 1. The van der Waals surface area contributed by atoms with Crippen molar-refractivity contribution in [2.45, 2.75) is 25.6 Å². The Labute approximate surface area is 176 Å². The SMILES string of the molecule is CC(=O)N[C@H](Cc1ccccc1)c1ccnc2c(-c3ccc(C(F)(F)F)cc3)cnn12. The van der Waals surface area contributed by atoms with Crippen LogP contribution in [0.15, 0.2) is 73.1 Å². The molecule has 0 saturated heterocycles. The number of rotatable bonds is 5. The molecular weight excluding hydrogens is 405 g/mol. The summed E-state index contributed by atoms with van der Waals surface area (Å²) in [5.74, 6) is -0.180. The van der Waals surface area contributed by atoms with Crippen LogP contribution >= 0.6 is 0 Å². The molecule has 0 aliphatic heterocycles. The van der Waals surface area contributed by atoms with Gasteiger partial charge in [-0.15, -0.1) is 0 Å². The first-order valence-electron chi connectivity index (χ1n) is 9.64. The van der Waals surface area contributed by atoms with Crippen molar-refractivity contribution in [3.8, 4) is 11.1 Å². The van der Waals surface area contributed by atoms with Crippen LogP contribution in [-0.2, 0) is 17.4 Å². The molecule has 1 amide bonds. The number of benzene rings is 2. The van der Waals surface area contributed by atoms with Crippen molar-refractivity contribution in [3.05, 3.63) is 89.9 Å². The second-order valence-electron chi connectivity index (χ2n) is 7.18. The number of aromatic nitrogens is 3. The predicted molar refractivity (Wildman–Crippen MR) is 110 cm³/mol. The summed E-state index contributed by atoms with van der Waals surface area (Å²) in [7, 11) is 0. The third kappa shape index (κ3) is 4.42. The first kappa shape index (κ1) is 20.6. The summed E-state index contributed by atoms with van der Waals surface area (Å²) in [6, 6.07) is 16.0. The Balaban J connectivity index is 1.74. The van der Waals surface area contributed by atoms with Crippen LogP contribution in [0.25, 0.3) is 16.8 Å². The second-order valence-corrected chi connectivity index (χ2v) is 7.18. The fourth-order valence-electron chi connectivity index (χ4n) is 3.54. The lowest BCUT2D eigenvalue weighted by Crippen LogP contribution is -2.29. The van der Waals surface area contributed by atoms with E-state index in [4.69, 9.17) is 0 Å². The molecule has 2 aromatic heterocycles. The van der Waals surface area contributed by atoms with E-state index >= 15 is 0 Å². The molecule has 0 saturated carbocycles. The molecule has 2 aromatic carbocycles. The lowest BCUT2D eigenvalue weighted by atomic mass is 10.0. The summed E-state index contributed by atoms with van der Waals surface area (Å²) in [5, 5.41) is 7.37. The summed E-state index contributed by atoms with van der Waals surface area (Å²) in [6.07, 6.45) is -0.662. The van der Waals surface area contributed by atoms with Crippen LogP contribution in [0.5, 0.6) is 0 Å². The largest absolute Gasteiger partial charge is 0.416 e. The highest BCUT2D eigenvalue weighted by Crippen LogP contribution is 2.32. The van der Waals surface area contributed by atoms with Gasteiger partial charge < -0.3 is 5.32 Å². The van der Waals surface area contributed by atoms with Crippen molar-refractivity contribution in [3.63, 3.8) is 0 Å². The van der Waals surface area contributed by atoms with Gasteiger partial charge in [-0.1, -0.05) is 42.5 Å². The molecule has 0 spiro atoms. The normalized spacial score (nSPS) is 12.6. The topological polar surface area (TPSA) is 59.3 Å². The summed E-state index contributed by atoms with van der Waals surface area (Å²) in [6.45, 7) is 1.45. The van der Waals surface area contributed by atoms with Gasteiger partial charge in [0.15, 0.2) is 5.65 Å². The lowest BCUT2D eigenvalue weighted by Gasteiger charge is -2.19. The van der Waals surface area contributed by atoms with E-state index < -0.39 is 11.7 Å². The number of halogens is 3. The molecule has 1 atom stereocenters. The maximum Gasteiger partial charge on any atom is 0.416 e. The van der Waals surface area contributed by atoms with Crippen LogP contribution in [-0.4, -0.2) is 20.5 Å². The predicted octanol–water partition coefficient (Wildman–Crippen LogP) is 4.84. The molecular formula is C23H19F3N4O. The third-order valence-electron chi connectivity index (χ3n) is 4.97. The molecule has 0 radical (unpaired) electrons. The molecule has 4 aromatic rings. The quantitative estimate of drug-likeness (QED) is 0.499. The highest BCUT2D eigenvalue weighted by Gasteiger charge is 2.30. The van der Waals surface area contributed by atoms with Crippen LogP contribution in [0.3, 0.4) is 0 Å². The molecule has 0 bridgehead atoms. The summed E-state index contributed by atoms with van der Waals surface area (Å²) >= 11 is 0. The van der Waals surface area contributed by atoms with Gasteiger partial charge in [-0.2, -0.15) is 18.3 Å². The van der Waals surface area contributed by atoms with Gasteiger partial charge in [-0.3, -0.25) is 4.79 Å². The number of amides is 1. The number of nitrogens with one attached hydrogen (secondary N) is 1. The van der Waals surface area contributed by atoms with E-state index in [1.165, 1.54) is 19.1 Å². The Morgan fingerprint density at radius 1 is 1.06 bits per heavy atom. The van der Waals surface area contributed by atoms with Crippen molar-refractivity contribution in [2.24, 2.45) is 0 Å². The molecule has 4 rings (SSSR count). The maximum absolute atomic E-state index is 12.9. The number of alkyl halides is 3. The van der Waals surface area contributed by atoms with E-state index in [1.54, 1.807) is 23.0 Å². The van der Waals surface area contributed by atoms with Crippen molar-refractivity contribution in [2.75, 3.05) is 0 Å². The second kappa shape index (κ2) is 8.22. The average Bonchev–Trinajstić information content (AvgIpc) is 3.17. The van der Waals surface area contributed by atoms with Crippen LogP contribution in [0.2, 0.25) is 0 Å². The Bertz CT molecular complexity index is 1200. The molecule has 8 heteroatoms. The third-order valence-corrected chi connectivity index (χ3v) is 4.97. The molecule has 0 aliphatic rings. The number of nitrogens with zero attached hydrogens (tertiary/aromatic N) is 3. The Kier molecular flexibility index (Phi) is 5.46. The minimum atomic E-state index is -4.39. The minimum Gasteiger partial charge on any atom is -0.348 e. The molecule has 158 valence electrons. The van der Waals surface area contributed by atoms with Gasteiger partial charge in [0.2, 0.25) is 5.91 Å². The molecule has 1 N–H and O–H groups in total. The van der Waals surface area contributed by atoms with Crippen LogP contribution < -0.4 is 5.32 Å². The van der Waals surface area contributed by atoms with Crippen LogP contribution in [0.4, 0.5) is 13.2 Å². The zero-order valence-electron chi connectivity index (χ0n) is 16.6. The molecule has 5 nitrogen and oxygen atoms in total. The molecule has 0 aliphatic carbocycles. The highest BCUT2D eigenvalue weighted by atomic mass is 19.4. The standard InChI is InChI=1S/C23H19F3N4O/c1-15(31)29-20(13-16-5-3-2-4-6-16)21-11-12-27-22-19(14-28-30(21)22)17-7-9-18(10-8-17)23(24,25)26/h2-12,14,20H,13H2,1H3,(H,29,31)/t20-/m1/s1. The van der Waals surface area contributed by atoms with Gasteiger partial charge in [-0.05, 0) is 35.7 Å². The zero-order chi connectivity index (χ0) is 22.0. The fourth-order valence-corrected chi connectivity index (χ4v) is 3.54. The van der Waals surface area contributed by atoms with E-state index in [0.717, 1.165) is 23.4 Å². The monoisotopic (exact) mass is 424 g/mol. The van der Waals surface area contributed by atoms with Gasteiger partial charge in [0.05, 0.1) is 23.5 Å². The van der Waals surface area contributed by atoms with E-state index in [1.807, 2.05) is 30.3 Å². The van der Waals surface area contributed by atoms with E-state index in [2.05, 4.69) is 15.4 Å². The maximum atomic E-state index is 12.9. The van der Waals surface area contributed by atoms with Crippen molar-refractivity contribution in [1.29, 1.82) is 0 Å². The van der Waals surface area contributed by atoms with Crippen LogP contribution in [0.1, 0.15) is 29.8 Å². The molecule has 0 fully saturated rings. The van der Waals surface area contributed by atoms with Crippen molar-refractivity contribution < 1.29 is 18.0 Å². The Hall–Kier alpha value is -3.68. The first-order valence-corrected chi connectivity index (χ1v) is 9.64. The van der Waals surface area contributed by atoms with E-state index in [9.17, 15) is 18.0 Å². The van der Waals surface area contributed by atoms with Gasteiger partial charge in [0, 0.05) is 18.7 Å². The van der Waals surface area contributed by atoms with Crippen molar-refractivity contribution >= 4 is 11.6 Å². The molecule has 0 unspecified atom stereocenters. The smallest absolute Gasteiger partial charge is 0.348 e. The molecule has 31 heavy (non-hydrogen) atoms. The van der Waals surface area contributed by atoms with Crippen LogP contribution in [0, 0.1) is 0 Å². The zero-order valence-corrected chi connectivity index (χ0v) is 16.6. The summed E-state index contributed by atoms with van der Waals surface area (Å²) in [4.78, 5) is 16.2. The number of hydrogen-bond acceptors (Lipinski definition) is 3. The van der Waals surface area contributed by atoms with Gasteiger partial charge in [-0.25, -0.2) is 9.50 Å². The Morgan fingerprint density at radius 2 is 1.77 bits per heavy atom. The summed E-state index contributed by atoms with van der Waals surface area (Å²) < 4.78 is 40.3. The first-order chi connectivity index (χ1) is 14.8. The number of carbonyl (C=O) groups is 1. The van der Waals surface area contributed by atoms with E-state index in [-0.39, 0.29) is 11.9 Å².